The smallest absolute Gasteiger partial charge is 0.0411 e. The van der Waals surface area contributed by atoms with E-state index in [0.29, 0.717) is 12.0 Å². The summed E-state index contributed by atoms with van der Waals surface area (Å²) in [7, 11) is 0. The molecule has 82 valence electrons. The molecule has 0 aliphatic carbocycles. The summed E-state index contributed by atoms with van der Waals surface area (Å²) in [5, 5.41) is 0. The summed E-state index contributed by atoms with van der Waals surface area (Å²) >= 11 is 0. The molecule has 1 saturated heterocycles. The standard InChI is InChI=1S/C13H20N2/c1-13(2)7-8-15(10-13)12-6-4-3-5-11(12)9-14/h3-6H,7-10,14H2,1-2H3. The van der Waals surface area contributed by atoms with Gasteiger partial charge in [0.2, 0.25) is 0 Å². The highest BCUT2D eigenvalue weighted by Crippen LogP contribution is 2.33. The van der Waals surface area contributed by atoms with Crippen molar-refractivity contribution in [1.82, 2.24) is 0 Å². The highest BCUT2D eigenvalue weighted by Gasteiger charge is 2.29. The molecule has 2 heteroatoms. The lowest BCUT2D eigenvalue weighted by Crippen LogP contribution is -2.24. The summed E-state index contributed by atoms with van der Waals surface area (Å²) in [6.07, 6.45) is 1.27. The minimum atomic E-state index is 0.446. The molecule has 1 aliphatic rings. The van der Waals surface area contributed by atoms with Gasteiger partial charge in [-0.25, -0.2) is 0 Å². The zero-order valence-electron chi connectivity index (χ0n) is 9.66. The molecule has 1 aliphatic heterocycles. The molecule has 1 heterocycles. The van der Waals surface area contributed by atoms with Gasteiger partial charge in [0.15, 0.2) is 0 Å². The van der Waals surface area contributed by atoms with Crippen molar-refractivity contribution in [1.29, 1.82) is 0 Å². The van der Waals surface area contributed by atoms with Gasteiger partial charge in [-0.1, -0.05) is 32.0 Å². The third kappa shape index (κ3) is 2.15. The summed E-state index contributed by atoms with van der Waals surface area (Å²) in [6.45, 7) is 7.59. The summed E-state index contributed by atoms with van der Waals surface area (Å²) in [6, 6.07) is 8.47. The number of nitrogens with two attached hydrogens (primary N) is 1. The molecule has 2 nitrogen and oxygen atoms in total. The van der Waals surface area contributed by atoms with E-state index in [1.807, 2.05) is 0 Å². The minimum Gasteiger partial charge on any atom is -0.371 e. The SMILES string of the molecule is CC1(C)CCN(c2ccccc2CN)C1. The monoisotopic (exact) mass is 204 g/mol. The number of anilines is 1. The number of benzene rings is 1. The van der Waals surface area contributed by atoms with E-state index >= 15 is 0 Å². The number of hydrogen-bond acceptors (Lipinski definition) is 2. The summed E-state index contributed by atoms with van der Waals surface area (Å²) in [5.74, 6) is 0. The van der Waals surface area contributed by atoms with Gasteiger partial charge in [-0.2, -0.15) is 0 Å². The van der Waals surface area contributed by atoms with Crippen LogP contribution in [0.4, 0.5) is 5.69 Å². The van der Waals surface area contributed by atoms with E-state index in [1.165, 1.54) is 17.7 Å². The van der Waals surface area contributed by atoms with E-state index in [0.717, 1.165) is 13.1 Å². The minimum absolute atomic E-state index is 0.446. The van der Waals surface area contributed by atoms with Crippen molar-refractivity contribution in [2.45, 2.75) is 26.8 Å². The molecule has 1 aromatic rings. The van der Waals surface area contributed by atoms with Gasteiger partial charge in [-0.15, -0.1) is 0 Å². The first-order chi connectivity index (χ1) is 7.12. The van der Waals surface area contributed by atoms with Gasteiger partial charge in [0.1, 0.15) is 0 Å². The molecule has 2 N–H and O–H groups in total. The van der Waals surface area contributed by atoms with E-state index < -0.39 is 0 Å². The second kappa shape index (κ2) is 3.86. The van der Waals surface area contributed by atoms with Crippen LogP contribution in [0.5, 0.6) is 0 Å². The molecule has 0 spiro atoms. The predicted octanol–water partition coefficient (Wildman–Crippen LogP) is 2.38. The first-order valence-electron chi connectivity index (χ1n) is 5.65. The van der Waals surface area contributed by atoms with Gasteiger partial charge in [0.25, 0.3) is 0 Å². The summed E-state index contributed by atoms with van der Waals surface area (Å²) in [4.78, 5) is 2.46. The highest BCUT2D eigenvalue weighted by molar-refractivity contribution is 5.54. The van der Waals surface area contributed by atoms with E-state index in [-0.39, 0.29) is 0 Å². The average molecular weight is 204 g/mol. The van der Waals surface area contributed by atoms with Crippen LogP contribution >= 0.6 is 0 Å². The predicted molar refractivity (Wildman–Crippen MR) is 64.9 cm³/mol. The summed E-state index contributed by atoms with van der Waals surface area (Å²) in [5.41, 5.74) is 8.79. The molecular weight excluding hydrogens is 184 g/mol. The molecule has 1 aromatic carbocycles. The van der Waals surface area contributed by atoms with Crippen LogP contribution in [0.2, 0.25) is 0 Å². The maximum Gasteiger partial charge on any atom is 0.0411 e. The van der Waals surface area contributed by atoms with Crippen LogP contribution in [0.15, 0.2) is 24.3 Å². The normalized spacial score (nSPS) is 19.5. The lowest BCUT2D eigenvalue weighted by molar-refractivity contribution is 0.418. The Balaban J connectivity index is 2.23. The zero-order valence-corrected chi connectivity index (χ0v) is 9.66. The van der Waals surface area contributed by atoms with E-state index in [1.54, 1.807) is 0 Å². The Hall–Kier alpha value is -1.02. The fraction of sp³-hybridized carbons (Fsp3) is 0.538. The second-order valence-corrected chi connectivity index (χ2v) is 5.17. The van der Waals surface area contributed by atoms with Crippen molar-refractivity contribution >= 4 is 5.69 Å². The summed E-state index contributed by atoms with van der Waals surface area (Å²) < 4.78 is 0. The van der Waals surface area contributed by atoms with Crippen molar-refractivity contribution < 1.29 is 0 Å². The Kier molecular flexibility index (Phi) is 2.70. The molecule has 2 rings (SSSR count). The highest BCUT2D eigenvalue weighted by atomic mass is 15.2. The van der Waals surface area contributed by atoms with Crippen LogP contribution in [0.25, 0.3) is 0 Å². The molecule has 0 saturated carbocycles. The van der Waals surface area contributed by atoms with Crippen molar-refractivity contribution in [2.75, 3.05) is 18.0 Å². The van der Waals surface area contributed by atoms with Gasteiger partial charge >= 0.3 is 0 Å². The van der Waals surface area contributed by atoms with Gasteiger partial charge in [-0.05, 0) is 23.5 Å². The molecule has 0 amide bonds. The molecule has 0 aromatic heterocycles. The Morgan fingerprint density at radius 3 is 2.67 bits per heavy atom. The number of rotatable bonds is 2. The number of para-hydroxylation sites is 1. The fourth-order valence-electron chi connectivity index (χ4n) is 2.31. The van der Waals surface area contributed by atoms with E-state index in [2.05, 4.69) is 43.0 Å². The molecule has 0 bridgehead atoms. The third-order valence-electron chi connectivity index (χ3n) is 3.23. The Morgan fingerprint density at radius 2 is 2.07 bits per heavy atom. The lowest BCUT2D eigenvalue weighted by atomic mass is 9.93. The third-order valence-corrected chi connectivity index (χ3v) is 3.23. The van der Waals surface area contributed by atoms with Crippen molar-refractivity contribution in [3.63, 3.8) is 0 Å². The van der Waals surface area contributed by atoms with Crippen LogP contribution in [0, 0.1) is 5.41 Å². The van der Waals surface area contributed by atoms with E-state index in [9.17, 15) is 0 Å². The second-order valence-electron chi connectivity index (χ2n) is 5.17. The van der Waals surface area contributed by atoms with Crippen molar-refractivity contribution in [3.8, 4) is 0 Å². The Bertz CT molecular complexity index is 344. The number of nitrogens with zero attached hydrogens (tertiary/aromatic N) is 1. The van der Waals surface area contributed by atoms with Gasteiger partial charge in [-0.3, -0.25) is 0 Å². The first kappa shape index (κ1) is 10.5. The van der Waals surface area contributed by atoms with Crippen LogP contribution in [-0.4, -0.2) is 13.1 Å². The van der Waals surface area contributed by atoms with Crippen LogP contribution in [0.1, 0.15) is 25.8 Å². The Morgan fingerprint density at radius 1 is 1.33 bits per heavy atom. The molecule has 0 atom stereocenters. The molecular formula is C13H20N2. The van der Waals surface area contributed by atoms with Gasteiger partial charge < -0.3 is 10.6 Å². The van der Waals surface area contributed by atoms with Crippen molar-refractivity contribution in [2.24, 2.45) is 11.1 Å². The molecule has 1 fully saturated rings. The van der Waals surface area contributed by atoms with E-state index in [4.69, 9.17) is 5.73 Å². The topological polar surface area (TPSA) is 29.3 Å². The Labute approximate surface area is 92.1 Å². The van der Waals surface area contributed by atoms with Crippen molar-refractivity contribution in [3.05, 3.63) is 29.8 Å². The molecule has 15 heavy (non-hydrogen) atoms. The first-order valence-corrected chi connectivity index (χ1v) is 5.65. The quantitative estimate of drug-likeness (QED) is 0.801. The van der Waals surface area contributed by atoms with Gasteiger partial charge in [0, 0.05) is 25.3 Å². The van der Waals surface area contributed by atoms with Crippen LogP contribution < -0.4 is 10.6 Å². The van der Waals surface area contributed by atoms with Crippen LogP contribution in [0.3, 0.4) is 0 Å². The van der Waals surface area contributed by atoms with Gasteiger partial charge in [0.05, 0.1) is 0 Å². The number of hydrogen-bond donors (Lipinski definition) is 1. The zero-order chi connectivity index (χ0) is 10.9. The lowest BCUT2D eigenvalue weighted by Gasteiger charge is -2.23. The van der Waals surface area contributed by atoms with Crippen LogP contribution in [-0.2, 0) is 6.54 Å². The fourth-order valence-corrected chi connectivity index (χ4v) is 2.31. The largest absolute Gasteiger partial charge is 0.371 e. The molecule has 0 unspecified atom stereocenters. The maximum atomic E-state index is 5.76. The average Bonchev–Trinajstić information content (AvgIpc) is 2.59. The maximum absolute atomic E-state index is 5.76. The molecule has 0 radical (unpaired) electrons.